The number of carbonyl (C=O) groups excluding carboxylic acids is 1. The molecule has 0 saturated carbocycles. The molecule has 0 amide bonds. The molecule has 0 aliphatic carbocycles. The molecule has 7 heteroatoms. The lowest BCUT2D eigenvalue weighted by atomic mass is 10.2. The van der Waals surface area contributed by atoms with E-state index in [1.807, 2.05) is 0 Å². The third-order valence-corrected chi connectivity index (χ3v) is 2.62. The number of rotatable bonds is 7. The Morgan fingerprint density at radius 3 is 2.84 bits per heavy atom. The Hall–Kier alpha value is -1.21. The fourth-order valence-corrected chi connectivity index (χ4v) is 1.82. The van der Waals surface area contributed by atoms with Gasteiger partial charge in [0, 0.05) is 16.6 Å². The van der Waals surface area contributed by atoms with Crippen LogP contribution in [0.5, 0.6) is 5.75 Å². The van der Waals surface area contributed by atoms with Gasteiger partial charge in [0.05, 0.1) is 13.2 Å². The minimum absolute atomic E-state index is 0.00840. The molecule has 0 aliphatic heterocycles. The lowest BCUT2D eigenvalue weighted by Gasteiger charge is -2.11. The van der Waals surface area contributed by atoms with Crippen LogP contribution in [-0.2, 0) is 16.1 Å². The Labute approximate surface area is 118 Å². The second kappa shape index (κ2) is 8.06. The second-order valence-corrected chi connectivity index (χ2v) is 4.45. The highest BCUT2D eigenvalue weighted by molar-refractivity contribution is 9.10. The molecule has 0 radical (unpaired) electrons. The van der Waals surface area contributed by atoms with Crippen molar-refractivity contribution >= 4 is 21.9 Å². The number of alkyl halides is 2. The molecular formula is C12H14BrF2NO3. The summed E-state index contributed by atoms with van der Waals surface area (Å²) in [6.07, 6.45) is 0. The molecule has 0 bridgehead atoms. The summed E-state index contributed by atoms with van der Waals surface area (Å²) in [5.41, 5.74) is 0.527. The predicted octanol–water partition coefficient (Wildman–Crippen LogP) is 2.70. The van der Waals surface area contributed by atoms with Gasteiger partial charge in [0.25, 0.3) is 0 Å². The Morgan fingerprint density at radius 2 is 2.21 bits per heavy atom. The van der Waals surface area contributed by atoms with E-state index >= 15 is 0 Å². The van der Waals surface area contributed by atoms with Gasteiger partial charge in [-0.1, -0.05) is 15.9 Å². The first-order chi connectivity index (χ1) is 9.02. The lowest BCUT2D eigenvalue weighted by molar-refractivity contribution is -0.142. The van der Waals surface area contributed by atoms with E-state index in [0.29, 0.717) is 12.2 Å². The SMILES string of the molecule is CCOC(=O)CNCc1cc(Br)ccc1OC(F)F. The number of ether oxygens (including phenoxy) is 2. The summed E-state index contributed by atoms with van der Waals surface area (Å²) in [6, 6.07) is 4.69. The third-order valence-electron chi connectivity index (χ3n) is 2.13. The molecule has 19 heavy (non-hydrogen) atoms. The molecule has 0 heterocycles. The molecule has 1 rings (SSSR count). The van der Waals surface area contributed by atoms with Crippen molar-refractivity contribution in [2.75, 3.05) is 13.2 Å². The summed E-state index contributed by atoms with van der Waals surface area (Å²) in [5, 5.41) is 2.81. The summed E-state index contributed by atoms with van der Waals surface area (Å²) in [6.45, 7) is -0.642. The molecule has 1 N–H and O–H groups in total. The molecule has 0 aliphatic rings. The third kappa shape index (κ3) is 5.98. The van der Waals surface area contributed by atoms with Gasteiger partial charge in [-0.05, 0) is 25.1 Å². The van der Waals surface area contributed by atoms with Crippen molar-refractivity contribution < 1.29 is 23.0 Å². The predicted molar refractivity (Wildman–Crippen MR) is 69.1 cm³/mol. The maximum absolute atomic E-state index is 12.2. The largest absolute Gasteiger partial charge is 0.465 e. The van der Waals surface area contributed by atoms with Crippen LogP contribution in [0.1, 0.15) is 12.5 Å². The highest BCUT2D eigenvalue weighted by Gasteiger charge is 2.10. The van der Waals surface area contributed by atoms with Gasteiger partial charge >= 0.3 is 12.6 Å². The average molecular weight is 338 g/mol. The minimum Gasteiger partial charge on any atom is -0.465 e. The molecule has 0 atom stereocenters. The van der Waals surface area contributed by atoms with Crippen molar-refractivity contribution in [1.82, 2.24) is 5.32 Å². The molecule has 0 aromatic heterocycles. The number of benzene rings is 1. The Bertz CT molecular complexity index is 429. The van der Waals surface area contributed by atoms with Crippen LogP contribution in [0.3, 0.4) is 0 Å². The number of esters is 1. The van der Waals surface area contributed by atoms with Crippen molar-refractivity contribution in [1.29, 1.82) is 0 Å². The van der Waals surface area contributed by atoms with Gasteiger partial charge in [-0.3, -0.25) is 4.79 Å². The maximum atomic E-state index is 12.2. The van der Waals surface area contributed by atoms with Crippen LogP contribution >= 0.6 is 15.9 Å². The van der Waals surface area contributed by atoms with Crippen LogP contribution in [0.4, 0.5) is 8.78 Å². The smallest absolute Gasteiger partial charge is 0.387 e. The Balaban J connectivity index is 2.60. The van der Waals surface area contributed by atoms with Crippen LogP contribution in [-0.4, -0.2) is 25.7 Å². The van der Waals surface area contributed by atoms with Crippen LogP contribution in [0.15, 0.2) is 22.7 Å². The summed E-state index contributed by atoms with van der Waals surface area (Å²) in [7, 11) is 0. The maximum Gasteiger partial charge on any atom is 0.387 e. The number of hydrogen-bond donors (Lipinski definition) is 1. The zero-order valence-electron chi connectivity index (χ0n) is 10.3. The molecule has 1 aromatic carbocycles. The number of nitrogens with one attached hydrogen (secondary N) is 1. The first-order valence-electron chi connectivity index (χ1n) is 5.62. The van der Waals surface area contributed by atoms with Crippen LogP contribution in [0.25, 0.3) is 0 Å². The van der Waals surface area contributed by atoms with E-state index in [0.717, 1.165) is 4.47 Å². The molecular weight excluding hydrogens is 324 g/mol. The van der Waals surface area contributed by atoms with Crippen molar-refractivity contribution in [2.24, 2.45) is 0 Å². The van der Waals surface area contributed by atoms with Gasteiger partial charge in [-0.25, -0.2) is 0 Å². The van der Waals surface area contributed by atoms with Gasteiger partial charge in [-0.2, -0.15) is 8.78 Å². The van der Waals surface area contributed by atoms with Crippen molar-refractivity contribution in [3.8, 4) is 5.75 Å². The molecule has 1 aromatic rings. The van der Waals surface area contributed by atoms with E-state index < -0.39 is 12.6 Å². The van der Waals surface area contributed by atoms with Crippen LogP contribution in [0.2, 0.25) is 0 Å². The molecule has 4 nitrogen and oxygen atoms in total. The topological polar surface area (TPSA) is 47.6 Å². The molecule has 0 spiro atoms. The quantitative estimate of drug-likeness (QED) is 0.777. The second-order valence-electron chi connectivity index (χ2n) is 3.54. The van der Waals surface area contributed by atoms with E-state index in [9.17, 15) is 13.6 Å². The lowest BCUT2D eigenvalue weighted by Crippen LogP contribution is -2.24. The van der Waals surface area contributed by atoms with Gasteiger partial charge in [0.15, 0.2) is 0 Å². The van der Waals surface area contributed by atoms with E-state index in [1.165, 1.54) is 6.07 Å². The monoisotopic (exact) mass is 337 g/mol. The summed E-state index contributed by atoms with van der Waals surface area (Å²) >= 11 is 3.25. The van der Waals surface area contributed by atoms with Gasteiger partial charge in [-0.15, -0.1) is 0 Å². The van der Waals surface area contributed by atoms with E-state index in [4.69, 9.17) is 4.74 Å². The van der Waals surface area contributed by atoms with E-state index in [2.05, 4.69) is 26.0 Å². The van der Waals surface area contributed by atoms with Crippen molar-refractivity contribution in [3.05, 3.63) is 28.2 Å². The van der Waals surface area contributed by atoms with Crippen LogP contribution < -0.4 is 10.1 Å². The van der Waals surface area contributed by atoms with Crippen LogP contribution in [0, 0.1) is 0 Å². The molecule has 0 saturated heterocycles. The van der Waals surface area contributed by atoms with Crippen molar-refractivity contribution in [2.45, 2.75) is 20.1 Å². The van der Waals surface area contributed by atoms with Gasteiger partial charge in [0.2, 0.25) is 0 Å². The fourth-order valence-electron chi connectivity index (χ4n) is 1.41. The standard InChI is InChI=1S/C12H14BrF2NO3/c1-2-18-11(17)7-16-6-8-5-9(13)3-4-10(8)19-12(14)15/h3-5,12,16H,2,6-7H2,1H3. The Kier molecular flexibility index (Phi) is 6.72. The van der Waals surface area contributed by atoms with Gasteiger partial charge in [0.1, 0.15) is 5.75 Å². The zero-order chi connectivity index (χ0) is 14.3. The summed E-state index contributed by atoms with van der Waals surface area (Å²) in [5.74, 6) is -0.316. The number of hydrogen-bond acceptors (Lipinski definition) is 4. The molecule has 0 fully saturated rings. The molecule has 0 unspecified atom stereocenters. The van der Waals surface area contributed by atoms with Gasteiger partial charge < -0.3 is 14.8 Å². The first-order valence-corrected chi connectivity index (χ1v) is 6.41. The normalized spacial score (nSPS) is 10.6. The summed E-state index contributed by atoms with van der Waals surface area (Å²) in [4.78, 5) is 11.1. The van der Waals surface area contributed by atoms with E-state index in [1.54, 1.807) is 19.1 Å². The number of halogens is 3. The zero-order valence-corrected chi connectivity index (χ0v) is 11.9. The average Bonchev–Trinajstić information content (AvgIpc) is 2.32. The first kappa shape index (κ1) is 15.8. The highest BCUT2D eigenvalue weighted by atomic mass is 79.9. The molecule has 106 valence electrons. The van der Waals surface area contributed by atoms with Crippen molar-refractivity contribution in [3.63, 3.8) is 0 Å². The Morgan fingerprint density at radius 1 is 1.47 bits per heavy atom. The van der Waals surface area contributed by atoms with E-state index in [-0.39, 0.29) is 18.8 Å². The minimum atomic E-state index is -2.88. The summed E-state index contributed by atoms with van der Waals surface area (Å²) < 4.78 is 34.3. The highest BCUT2D eigenvalue weighted by Crippen LogP contribution is 2.24. The number of carbonyl (C=O) groups is 1. The fraction of sp³-hybridized carbons (Fsp3) is 0.417.